The van der Waals surface area contributed by atoms with Gasteiger partial charge in [0.25, 0.3) is 5.91 Å². The van der Waals surface area contributed by atoms with Crippen LogP contribution < -0.4 is 15.5 Å². The molecule has 2 aliphatic rings. The van der Waals surface area contributed by atoms with Crippen LogP contribution in [0.4, 0.5) is 17.3 Å². The van der Waals surface area contributed by atoms with E-state index in [1.165, 1.54) is 0 Å². The van der Waals surface area contributed by atoms with Crippen LogP contribution in [-0.2, 0) is 9.47 Å². The van der Waals surface area contributed by atoms with Crippen molar-refractivity contribution in [3.63, 3.8) is 0 Å². The summed E-state index contributed by atoms with van der Waals surface area (Å²) in [6.45, 7) is 6.65. The van der Waals surface area contributed by atoms with Gasteiger partial charge in [0.2, 0.25) is 5.95 Å². The summed E-state index contributed by atoms with van der Waals surface area (Å²) in [6.07, 6.45) is 1.57. The largest absolute Gasteiger partial charge is 0.377 e. The first kappa shape index (κ1) is 25.6. The van der Waals surface area contributed by atoms with E-state index in [9.17, 15) is 10.1 Å². The normalized spacial score (nSPS) is 17.7. The van der Waals surface area contributed by atoms with E-state index in [0.717, 1.165) is 50.8 Å². The number of rotatable bonds is 7. The Morgan fingerprint density at radius 2 is 1.68 bits per heavy atom. The Morgan fingerprint density at radius 1 is 0.974 bits per heavy atom. The van der Waals surface area contributed by atoms with Gasteiger partial charge in [0, 0.05) is 49.3 Å². The molecule has 1 unspecified atom stereocenters. The van der Waals surface area contributed by atoms with Crippen molar-refractivity contribution in [2.24, 2.45) is 0 Å². The third kappa shape index (κ3) is 6.44. The van der Waals surface area contributed by atoms with Crippen molar-refractivity contribution in [1.82, 2.24) is 20.2 Å². The molecule has 3 aromatic rings. The molecule has 38 heavy (non-hydrogen) atoms. The number of nitrogens with zero attached hydrogens (tertiary/aromatic N) is 5. The molecular formula is C28H31N7O3. The molecule has 10 nitrogen and oxygen atoms in total. The zero-order valence-corrected chi connectivity index (χ0v) is 21.1. The Balaban J connectivity index is 1.17. The van der Waals surface area contributed by atoms with Crippen LogP contribution in [0.5, 0.6) is 0 Å². The van der Waals surface area contributed by atoms with Gasteiger partial charge in [0.1, 0.15) is 0 Å². The summed E-state index contributed by atoms with van der Waals surface area (Å²) in [5, 5.41) is 15.6. The number of nitrogens with one attached hydrogen (secondary N) is 2. The summed E-state index contributed by atoms with van der Waals surface area (Å²) in [5.41, 5.74) is 2.88. The van der Waals surface area contributed by atoms with Gasteiger partial charge in [-0.15, -0.1) is 0 Å². The molecule has 2 N–H and O–H groups in total. The van der Waals surface area contributed by atoms with Crippen molar-refractivity contribution in [3.05, 3.63) is 78.1 Å². The van der Waals surface area contributed by atoms with E-state index in [0.29, 0.717) is 36.5 Å². The minimum absolute atomic E-state index is 0.328. The molecule has 5 rings (SSSR count). The molecular weight excluding hydrogens is 482 g/mol. The zero-order valence-electron chi connectivity index (χ0n) is 21.1. The van der Waals surface area contributed by atoms with E-state index in [1.54, 1.807) is 36.5 Å². The van der Waals surface area contributed by atoms with E-state index < -0.39 is 6.04 Å². The third-order valence-electron chi connectivity index (χ3n) is 6.73. The molecule has 3 heterocycles. The number of anilines is 3. The standard InChI is InChI=1S/C28H31N7O3/c29-18-26(32-27(36)21-4-2-1-3-5-21)25-10-11-30-28(33-25)31-22-6-8-23(9-7-22)34-12-14-35(15-13-34)24-19-37-16-17-38-20-24/h1-11,24,26H,12-17,19-20H2,(H,32,36)(H,30,31,33). The second-order valence-corrected chi connectivity index (χ2v) is 9.21. The summed E-state index contributed by atoms with van der Waals surface area (Å²) in [7, 11) is 0. The number of carbonyl (C=O) groups excluding carboxylic acids is 1. The molecule has 0 spiro atoms. The van der Waals surface area contributed by atoms with Crippen LogP contribution in [0.25, 0.3) is 0 Å². The minimum Gasteiger partial charge on any atom is -0.377 e. The van der Waals surface area contributed by atoms with E-state index in [4.69, 9.17) is 9.47 Å². The number of ether oxygens (including phenoxy) is 2. The third-order valence-corrected chi connectivity index (χ3v) is 6.73. The van der Waals surface area contributed by atoms with Gasteiger partial charge in [-0.3, -0.25) is 9.69 Å². The van der Waals surface area contributed by atoms with Crippen LogP contribution in [0, 0.1) is 11.3 Å². The molecule has 10 heteroatoms. The van der Waals surface area contributed by atoms with Crippen molar-refractivity contribution in [1.29, 1.82) is 5.26 Å². The van der Waals surface area contributed by atoms with Gasteiger partial charge in [0.15, 0.2) is 6.04 Å². The van der Waals surface area contributed by atoms with Crippen LogP contribution in [0.15, 0.2) is 66.9 Å². The smallest absolute Gasteiger partial charge is 0.252 e. The Morgan fingerprint density at radius 3 is 2.37 bits per heavy atom. The Kier molecular flexibility index (Phi) is 8.40. The number of hydrogen-bond acceptors (Lipinski definition) is 9. The molecule has 2 fully saturated rings. The summed E-state index contributed by atoms with van der Waals surface area (Å²) in [4.78, 5) is 26.1. The van der Waals surface area contributed by atoms with Crippen molar-refractivity contribution in [2.75, 3.05) is 62.8 Å². The minimum atomic E-state index is -0.900. The maximum atomic E-state index is 12.5. The van der Waals surface area contributed by atoms with Crippen LogP contribution in [0.3, 0.4) is 0 Å². The second kappa shape index (κ2) is 12.5. The molecule has 1 atom stereocenters. The second-order valence-electron chi connectivity index (χ2n) is 9.21. The fraction of sp³-hybridized carbons (Fsp3) is 0.357. The highest BCUT2D eigenvalue weighted by atomic mass is 16.5. The molecule has 2 aliphatic heterocycles. The summed E-state index contributed by atoms with van der Waals surface area (Å²) in [6, 6.07) is 20.1. The highest BCUT2D eigenvalue weighted by molar-refractivity contribution is 5.94. The SMILES string of the molecule is N#CC(NC(=O)c1ccccc1)c1ccnc(Nc2ccc(N3CCN(C4COCCOC4)CC3)cc2)n1. The monoisotopic (exact) mass is 513 g/mol. The van der Waals surface area contributed by atoms with Gasteiger partial charge in [-0.25, -0.2) is 9.97 Å². The Hall–Kier alpha value is -4.04. The summed E-state index contributed by atoms with van der Waals surface area (Å²) >= 11 is 0. The fourth-order valence-corrected chi connectivity index (χ4v) is 4.62. The van der Waals surface area contributed by atoms with Crippen LogP contribution >= 0.6 is 0 Å². The summed E-state index contributed by atoms with van der Waals surface area (Å²) in [5.74, 6) is 0.0171. The molecule has 1 aromatic heterocycles. The first-order valence-corrected chi connectivity index (χ1v) is 12.8. The molecule has 0 aliphatic carbocycles. The van der Waals surface area contributed by atoms with E-state index in [-0.39, 0.29) is 5.91 Å². The lowest BCUT2D eigenvalue weighted by atomic mass is 10.1. The van der Waals surface area contributed by atoms with Crippen LogP contribution in [-0.4, -0.2) is 79.4 Å². The van der Waals surface area contributed by atoms with Gasteiger partial charge in [-0.2, -0.15) is 5.26 Å². The molecule has 0 bridgehead atoms. The first-order valence-electron chi connectivity index (χ1n) is 12.8. The number of hydrogen-bond donors (Lipinski definition) is 2. The highest BCUT2D eigenvalue weighted by Crippen LogP contribution is 2.22. The lowest BCUT2D eigenvalue weighted by Gasteiger charge is -2.39. The maximum absolute atomic E-state index is 12.5. The van der Waals surface area contributed by atoms with Gasteiger partial charge < -0.3 is 25.0 Å². The topological polar surface area (TPSA) is 116 Å². The predicted molar refractivity (Wildman–Crippen MR) is 143 cm³/mol. The zero-order chi connectivity index (χ0) is 26.2. The van der Waals surface area contributed by atoms with Crippen LogP contribution in [0.2, 0.25) is 0 Å². The lowest BCUT2D eigenvalue weighted by Crippen LogP contribution is -2.52. The molecule has 0 radical (unpaired) electrons. The van der Waals surface area contributed by atoms with Gasteiger partial charge in [-0.05, 0) is 42.5 Å². The van der Waals surface area contributed by atoms with Gasteiger partial charge in [0.05, 0.1) is 44.2 Å². The predicted octanol–water partition coefficient (Wildman–Crippen LogP) is 2.75. The highest BCUT2D eigenvalue weighted by Gasteiger charge is 2.25. The molecule has 2 saturated heterocycles. The van der Waals surface area contributed by atoms with Crippen molar-refractivity contribution >= 4 is 23.2 Å². The van der Waals surface area contributed by atoms with Crippen molar-refractivity contribution in [3.8, 4) is 6.07 Å². The molecule has 196 valence electrons. The van der Waals surface area contributed by atoms with Gasteiger partial charge in [-0.1, -0.05) is 18.2 Å². The van der Waals surface area contributed by atoms with Gasteiger partial charge >= 0.3 is 0 Å². The number of aromatic nitrogens is 2. The number of carbonyl (C=O) groups is 1. The van der Waals surface area contributed by atoms with Crippen molar-refractivity contribution < 1.29 is 14.3 Å². The van der Waals surface area contributed by atoms with E-state index >= 15 is 0 Å². The van der Waals surface area contributed by atoms with Crippen molar-refractivity contribution in [2.45, 2.75) is 12.1 Å². The molecule has 1 amide bonds. The number of nitriles is 1. The average Bonchev–Trinajstić information content (AvgIpc) is 3.27. The average molecular weight is 514 g/mol. The number of benzene rings is 2. The number of amides is 1. The first-order chi connectivity index (χ1) is 18.7. The lowest BCUT2D eigenvalue weighted by molar-refractivity contribution is 0.0669. The molecule has 2 aromatic carbocycles. The van der Waals surface area contributed by atoms with Crippen LogP contribution in [0.1, 0.15) is 22.1 Å². The summed E-state index contributed by atoms with van der Waals surface area (Å²) < 4.78 is 11.3. The fourth-order valence-electron chi connectivity index (χ4n) is 4.62. The Bertz CT molecular complexity index is 1230. The molecule has 0 saturated carbocycles. The van der Waals surface area contributed by atoms with E-state index in [2.05, 4.69) is 48.6 Å². The van der Waals surface area contributed by atoms with E-state index in [1.807, 2.05) is 18.2 Å². The Labute approximate surface area is 222 Å². The quantitative estimate of drug-likeness (QED) is 0.492. The number of piperazine rings is 1. The maximum Gasteiger partial charge on any atom is 0.252 e.